The SMILES string of the molecule is Nc1ccc(C(=O)CC2CC2)cc1Cl. The highest BCUT2D eigenvalue weighted by Gasteiger charge is 2.24. The number of nitrogens with two attached hydrogens (primary N) is 1. The zero-order valence-corrected chi connectivity index (χ0v) is 8.55. The summed E-state index contributed by atoms with van der Waals surface area (Å²) in [6, 6.07) is 5.08. The van der Waals surface area contributed by atoms with Gasteiger partial charge in [0.15, 0.2) is 5.78 Å². The summed E-state index contributed by atoms with van der Waals surface area (Å²) < 4.78 is 0. The molecule has 2 nitrogen and oxygen atoms in total. The lowest BCUT2D eigenvalue weighted by molar-refractivity contribution is 0.0976. The lowest BCUT2D eigenvalue weighted by Gasteiger charge is -2.02. The summed E-state index contributed by atoms with van der Waals surface area (Å²) in [5, 5.41) is 0.464. The Kier molecular flexibility index (Phi) is 2.46. The Morgan fingerprint density at radius 1 is 1.50 bits per heavy atom. The predicted molar refractivity (Wildman–Crippen MR) is 57.5 cm³/mol. The minimum Gasteiger partial charge on any atom is -0.398 e. The largest absolute Gasteiger partial charge is 0.398 e. The van der Waals surface area contributed by atoms with Crippen molar-refractivity contribution < 1.29 is 4.79 Å². The van der Waals surface area contributed by atoms with Crippen LogP contribution in [-0.2, 0) is 0 Å². The second-order valence-electron chi connectivity index (χ2n) is 3.81. The first-order chi connectivity index (χ1) is 6.66. The van der Waals surface area contributed by atoms with Gasteiger partial charge in [-0.2, -0.15) is 0 Å². The summed E-state index contributed by atoms with van der Waals surface area (Å²) in [5.41, 5.74) is 6.76. The molecule has 0 aromatic heterocycles. The Balaban J connectivity index is 2.14. The van der Waals surface area contributed by atoms with Crippen LogP contribution < -0.4 is 5.73 Å². The maximum atomic E-state index is 11.7. The topological polar surface area (TPSA) is 43.1 Å². The second-order valence-corrected chi connectivity index (χ2v) is 4.21. The molecule has 0 unspecified atom stereocenters. The molecular formula is C11H12ClNO. The molecule has 1 aromatic rings. The van der Waals surface area contributed by atoms with Gasteiger partial charge in [0.05, 0.1) is 10.7 Å². The maximum Gasteiger partial charge on any atom is 0.163 e. The Bertz CT molecular complexity index is 372. The van der Waals surface area contributed by atoms with Crippen molar-refractivity contribution in [2.24, 2.45) is 5.92 Å². The third kappa shape index (κ3) is 2.07. The number of halogens is 1. The highest BCUT2D eigenvalue weighted by atomic mass is 35.5. The fraction of sp³-hybridized carbons (Fsp3) is 0.364. The van der Waals surface area contributed by atoms with E-state index < -0.39 is 0 Å². The average Bonchev–Trinajstić information content (AvgIpc) is 2.93. The number of anilines is 1. The van der Waals surface area contributed by atoms with E-state index in [9.17, 15) is 4.79 Å². The van der Waals surface area contributed by atoms with Crippen molar-refractivity contribution in [2.75, 3.05) is 5.73 Å². The summed E-state index contributed by atoms with van der Waals surface area (Å²) >= 11 is 5.83. The quantitative estimate of drug-likeness (QED) is 0.615. The smallest absolute Gasteiger partial charge is 0.163 e. The van der Waals surface area contributed by atoms with E-state index in [4.69, 9.17) is 17.3 Å². The molecule has 14 heavy (non-hydrogen) atoms. The predicted octanol–water partition coefficient (Wildman–Crippen LogP) is 2.91. The summed E-state index contributed by atoms with van der Waals surface area (Å²) in [6.07, 6.45) is 3.03. The molecule has 0 saturated heterocycles. The summed E-state index contributed by atoms with van der Waals surface area (Å²) in [4.78, 5) is 11.7. The standard InChI is InChI=1S/C11H12ClNO/c12-9-6-8(3-4-10(9)13)11(14)5-7-1-2-7/h3-4,6-7H,1-2,5,13H2. The number of benzene rings is 1. The summed E-state index contributed by atoms with van der Waals surface area (Å²) in [6.45, 7) is 0. The van der Waals surface area contributed by atoms with Gasteiger partial charge in [-0.1, -0.05) is 11.6 Å². The Hall–Kier alpha value is -1.02. The fourth-order valence-electron chi connectivity index (χ4n) is 1.40. The third-order valence-corrected chi connectivity index (χ3v) is 2.82. The molecule has 0 bridgehead atoms. The number of nitrogen functional groups attached to an aromatic ring is 1. The van der Waals surface area contributed by atoms with Gasteiger partial charge >= 0.3 is 0 Å². The first-order valence-corrected chi connectivity index (χ1v) is 5.13. The molecule has 1 fully saturated rings. The van der Waals surface area contributed by atoms with Gasteiger partial charge < -0.3 is 5.73 Å². The molecule has 1 aliphatic rings. The van der Waals surface area contributed by atoms with Gasteiger partial charge in [-0.15, -0.1) is 0 Å². The van der Waals surface area contributed by atoms with Gasteiger partial charge in [-0.25, -0.2) is 0 Å². The van der Waals surface area contributed by atoms with Crippen LogP contribution in [0.2, 0.25) is 5.02 Å². The maximum absolute atomic E-state index is 11.7. The molecule has 3 heteroatoms. The van der Waals surface area contributed by atoms with E-state index in [1.165, 1.54) is 12.8 Å². The average molecular weight is 210 g/mol. The number of hydrogen-bond donors (Lipinski definition) is 1. The van der Waals surface area contributed by atoms with Crippen LogP contribution in [0.25, 0.3) is 0 Å². The molecule has 1 aliphatic carbocycles. The van der Waals surface area contributed by atoms with Crippen molar-refractivity contribution in [1.82, 2.24) is 0 Å². The van der Waals surface area contributed by atoms with E-state index in [2.05, 4.69) is 0 Å². The van der Waals surface area contributed by atoms with Gasteiger partial charge in [0.25, 0.3) is 0 Å². The lowest BCUT2D eigenvalue weighted by atomic mass is 10.1. The highest BCUT2D eigenvalue weighted by molar-refractivity contribution is 6.33. The van der Waals surface area contributed by atoms with E-state index in [0.29, 0.717) is 28.6 Å². The summed E-state index contributed by atoms with van der Waals surface area (Å²) in [7, 11) is 0. The number of rotatable bonds is 3. The molecule has 1 saturated carbocycles. The third-order valence-electron chi connectivity index (χ3n) is 2.49. The minimum absolute atomic E-state index is 0.175. The molecule has 2 N–H and O–H groups in total. The first-order valence-electron chi connectivity index (χ1n) is 4.75. The Morgan fingerprint density at radius 3 is 2.79 bits per heavy atom. The van der Waals surface area contributed by atoms with Crippen LogP contribution in [0.4, 0.5) is 5.69 Å². The van der Waals surface area contributed by atoms with E-state index >= 15 is 0 Å². The molecule has 0 atom stereocenters. The van der Waals surface area contributed by atoms with Gasteiger partial charge in [-0.3, -0.25) is 4.79 Å². The molecule has 74 valence electrons. The van der Waals surface area contributed by atoms with Crippen LogP contribution in [0.3, 0.4) is 0 Å². The zero-order valence-electron chi connectivity index (χ0n) is 7.79. The number of Topliss-reactive ketones (excluding diaryl/α,β-unsaturated/α-hetero) is 1. The van der Waals surface area contributed by atoms with Crippen molar-refractivity contribution >= 4 is 23.1 Å². The van der Waals surface area contributed by atoms with E-state index in [1.54, 1.807) is 18.2 Å². The van der Waals surface area contributed by atoms with Crippen molar-refractivity contribution in [3.63, 3.8) is 0 Å². The zero-order chi connectivity index (χ0) is 10.1. The van der Waals surface area contributed by atoms with Gasteiger partial charge in [-0.05, 0) is 37.0 Å². The minimum atomic E-state index is 0.175. The van der Waals surface area contributed by atoms with Crippen molar-refractivity contribution in [3.05, 3.63) is 28.8 Å². The molecule has 0 radical (unpaired) electrons. The van der Waals surface area contributed by atoms with Crippen molar-refractivity contribution in [1.29, 1.82) is 0 Å². The van der Waals surface area contributed by atoms with Crippen LogP contribution in [0.1, 0.15) is 29.6 Å². The molecular weight excluding hydrogens is 198 g/mol. The van der Waals surface area contributed by atoms with Crippen molar-refractivity contribution in [3.8, 4) is 0 Å². The molecule has 0 spiro atoms. The summed E-state index contributed by atoms with van der Waals surface area (Å²) in [5.74, 6) is 0.785. The molecule has 0 aliphatic heterocycles. The number of ketones is 1. The first kappa shape index (κ1) is 9.53. The molecule has 2 rings (SSSR count). The number of hydrogen-bond acceptors (Lipinski definition) is 2. The van der Waals surface area contributed by atoms with E-state index in [1.807, 2.05) is 0 Å². The van der Waals surface area contributed by atoms with Gasteiger partial charge in [0, 0.05) is 12.0 Å². The Labute approximate surface area is 88.1 Å². The van der Waals surface area contributed by atoms with Crippen molar-refractivity contribution in [2.45, 2.75) is 19.3 Å². The monoisotopic (exact) mass is 209 g/mol. The van der Waals surface area contributed by atoms with Crippen LogP contribution >= 0.6 is 11.6 Å². The van der Waals surface area contributed by atoms with Crippen LogP contribution in [0.5, 0.6) is 0 Å². The normalized spacial score (nSPS) is 15.5. The van der Waals surface area contributed by atoms with E-state index in [-0.39, 0.29) is 5.78 Å². The van der Waals surface area contributed by atoms with Crippen LogP contribution in [0.15, 0.2) is 18.2 Å². The molecule has 0 amide bonds. The molecule has 0 heterocycles. The molecule has 1 aromatic carbocycles. The number of carbonyl (C=O) groups is 1. The number of carbonyl (C=O) groups excluding carboxylic acids is 1. The van der Waals surface area contributed by atoms with Crippen LogP contribution in [0, 0.1) is 5.92 Å². The highest BCUT2D eigenvalue weighted by Crippen LogP contribution is 2.33. The van der Waals surface area contributed by atoms with Crippen LogP contribution in [-0.4, -0.2) is 5.78 Å². The fourth-order valence-corrected chi connectivity index (χ4v) is 1.58. The Morgan fingerprint density at radius 2 is 2.21 bits per heavy atom. The van der Waals surface area contributed by atoms with Gasteiger partial charge in [0.1, 0.15) is 0 Å². The van der Waals surface area contributed by atoms with Gasteiger partial charge in [0.2, 0.25) is 0 Å². The van der Waals surface area contributed by atoms with E-state index in [0.717, 1.165) is 0 Å². The lowest BCUT2D eigenvalue weighted by Crippen LogP contribution is -2.00. The second kappa shape index (κ2) is 3.62.